The molecule has 0 fully saturated rings. The molecule has 0 heterocycles. The first kappa shape index (κ1) is 23.5. The van der Waals surface area contributed by atoms with Gasteiger partial charge >= 0.3 is 5.97 Å². The molecule has 5 nitrogen and oxygen atoms in total. The van der Waals surface area contributed by atoms with E-state index < -0.39 is 5.97 Å². The van der Waals surface area contributed by atoms with Crippen molar-refractivity contribution in [2.75, 3.05) is 12.4 Å². The molecule has 0 amide bonds. The Balaban J connectivity index is 1.75. The summed E-state index contributed by atoms with van der Waals surface area (Å²) >= 11 is 22.0. The third kappa shape index (κ3) is 5.77. The van der Waals surface area contributed by atoms with Crippen LogP contribution in [0.4, 0.5) is 5.69 Å². The lowest BCUT2D eigenvalue weighted by Gasteiger charge is -2.16. The van der Waals surface area contributed by atoms with E-state index in [1.54, 1.807) is 43.5 Å². The highest BCUT2D eigenvalue weighted by Crippen LogP contribution is 2.35. The van der Waals surface area contributed by atoms with Crippen LogP contribution in [0, 0.1) is 0 Å². The number of aromatic carboxylic acids is 1. The van der Waals surface area contributed by atoms with Crippen LogP contribution in [-0.2, 0) is 13.2 Å². The number of ether oxygens (including phenoxy) is 2. The van der Waals surface area contributed by atoms with Gasteiger partial charge in [-0.25, -0.2) is 4.79 Å². The average Bonchev–Trinajstić information content (AvgIpc) is 2.72. The lowest BCUT2D eigenvalue weighted by molar-refractivity contribution is 0.0697. The number of rotatable bonds is 8. The SMILES string of the molecule is COc1cc(CNc2ccc(C(=O)O)c(Cl)c2)c(Br)cc1OCc1c(Cl)cccc1Cl. The van der Waals surface area contributed by atoms with Crippen molar-refractivity contribution in [3.05, 3.63) is 84.8 Å². The van der Waals surface area contributed by atoms with Crippen LogP contribution in [0.5, 0.6) is 11.5 Å². The van der Waals surface area contributed by atoms with Crippen LogP contribution in [0.3, 0.4) is 0 Å². The number of benzene rings is 3. The van der Waals surface area contributed by atoms with Gasteiger partial charge in [0.2, 0.25) is 0 Å². The van der Waals surface area contributed by atoms with E-state index in [9.17, 15) is 4.79 Å². The van der Waals surface area contributed by atoms with Crippen molar-refractivity contribution in [2.45, 2.75) is 13.2 Å². The summed E-state index contributed by atoms with van der Waals surface area (Å²) in [6, 6.07) is 13.6. The van der Waals surface area contributed by atoms with Crippen LogP contribution >= 0.6 is 50.7 Å². The maximum atomic E-state index is 11.1. The van der Waals surface area contributed by atoms with Crippen molar-refractivity contribution in [1.29, 1.82) is 0 Å². The molecule has 0 aliphatic rings. The highest BCUT2D eigenvalue weighted by atomic mass is 79.9. The Kier molecular flexibility index (Phi) is 7.94. The third-order valence-electron chi connectivity index (χ3n) is 4.45. The fourth-order valence-electron chi connectivity index (χ4n) is 2.80. The molecule has 162 valence electrons. The second kappa shape index (κ2) is 10.5. The molecule has 0 aliphatic heterocycles. The summed E-state index contributed by atoms with van der Waals surface area (Å²) in [5.41, 5.74) is 2.33. The van der Waals surface area contributed by atoms with Gasteiger partial charge in [-0.05, 0) is 48.0 Å². The van der Waals surface area contributed by atoms with Gasteiger partial charge in [0.1, 0.15) is 6.61 Å². The molecule has 0 bridgehead atoms. The summed E-state index contributed by atoms with van der Waals surface area (Å²) in [5, 5.41) is 13.5. The minimum atomic E-state index is -1.07. The highest BCUT2D eigenvalue weighted by molar-refractivity contribution is 9.10. The average molecular weight is 546 g/mol. The zero-order valence-corrected chi connectivity index (χ0v) is 20.1. The normalized spacial score (nSPS) is 10.6. The van der Waals surface area contributed by atoms with E-state index in [0.717, 1.165) is 10.0 Å². The van der Waals surface area contributed by atoms with E-state index in [4.69, 9.17) is 49.4 Å². The Bertz CT molecular complexity index is 1100. The Labute approximate surface area is 203 Å². The van der Waals surface area contributed by atoms with Crippen LogP contribution in [0.1, 0.15) is 21.5 Å². The van der Waals surface area contributed by atoms with Gasteiger partial charge in [-0.2, -0.15) is 0 Å². The monoisotopic (exact) mass is 543 g/mol. The molecule has 3 aromatic carbocycles. The minimum Gasteiger partial charge on any atom is -0.493 e. The number of halogens is 4. The first-order valence-corrected chi connectivity index (χ1v) is 10.9. The van der Waals surface area contributed by atoms with Crippen molar-refractivity contribution < 1.29 is 19.4 Å². The van der Waals surface area contributed by atoms with E-state index in [1.807, 2.05) is 6.07 Å². The summed E-state index contributed by atoms with van der Waals surface area (Å²) in [6.07, 6.45) is 0. The van der Waals surface area contributed by atoms with Gasteiger partial charge < -0.3 is 19.9 Å². The second-order valence-electron chi connectivity index (χ2n) is 6.44. The smallest absolute Gasteiger partial charge is 0.337 e. The topological polar surface area (TPSA) is 67.8 Å². The molecule has 0 atom stereocenters. The number of nitrogens with one attached hydrogen (secondary N) is 1. The number of hydrogen-bond donors (Lipinski definition) is 2. The maximum absolute atomic E-state index is 11.1. The molecule has 0 spiro atoms. The van der Waals surface area contributed by atoms with E-state index in [0.29, 0.717) is 39.3 Å². The highest BCUT2D eigenvalue weighted by Gasteiger charge is 2.14. The number of hydrogen-bond acceptors (Lipinski definition) is 4. The maximum Gasteiger partial charge on any atom is 0.337 e. The molecular formula is C22H17BrCl3NO4. The van der Waals surface area contributed by atoms with Gasteiger partial charge in [-0.1, -0.05) is 56.8 Å². The van der Waals surface area contributed by atoms with E-state index in [2.05, 4.69) is 21.2 Å². The molecule has 9 heteroatoms. The number of carboxylic acid groups (broad SMARTS) is 1. The number of methoxy groups -OCH3 is 1. The van der Waals surface area contributed by atoms with Gasteiger partial charge in [0.15, 0.2) is 11.5 Å². The van der Waals surface area contributed by atoms with Gasteiger partial charge in [-0.3, -0.25) is 0 Å². The van der Waals surface area contributed by atoms with Gasteiger partial charge in [0.05, 0.1) is 17.7 Å². The first-order valence-electron chi connectivity index (χ1n) is 8.99. The van der Waals surface area contributed by atoms with Crippen LogP contribution in [-0.4, -0.2) is 18.2 Å². The first-order chi connectivity index (χ1) is 14.8. The zero-order valence-electron chi connectivity index (χ0n) is 16.2. The van der Waals surface area contributed by atoms with Crippen LogP contribution in [0.2, 0.25) is 15.1 Å². The van der Waals surface area contributed by atoms with Gasteiger partial charge in [0.25, 0.3) is 0 Å². The predicted octanol–water partition coefficient (Wildman–Crippen LogP) is 7.31. The standard InChI is InChI=1S/C22H17BrCl3NO4/c1-30-20-7-12(10-27-13-5-6-14(22(28)29)19(26)8-13)16(23)9-21(20)31-11-15-17(24)3-2-4-18(15)25/h2-9,27H,10-11H2,1H3,(H,28,29). The minimum absolute atomic E-state index is 0.0511. The third-order valence-corrected chi connectivity index (χ3v) is 6.21. The summed E-state index contributed by atoms with van der Waals surface area (Å²) in [5.74, 6) is 0.00287. The lowest BCUT2D eigenvalue weighted by Crippen LogP contribution is -2.04. The summed E-state index contributed by atoms with van der Waals surface area (Å²) < 4.78 is 12.2. The molecule has 0 aliphatic carbocycles. The van der Waals surface area contributed by atoms with Crippen molar-refractivity contribution >= 4 is 62.4 Å². The van der Waals surface area contributed by atoms with Crippen LogP contribution < -0.4 is 14.8 Å². The molecule has 0 aromatic heterocycles. The van der Waals surface area contributed by atoms with Crippen LogP contribution in [0.25, 0.3) is 0 Å². The Morgan fingerprint density at radius 1 is 1.03 bits per heavy atom. The van der Waals surface area contributed by atoms with Crippen molar-refractivity contribution in [1.82, 2.24) is 0 Å². The molecule has 0 saturated heterocycles. The van der Waals surface area contributed by atoms with Gasteiger partial charge in [-0.15, -0.1) is 0 Å². The number of carboxylic acids is 1. The fraction of sp³-hybridized carbons (Fsp3) is 0.136. The molecule has 31 heavy (non-hydrogen) atoms. The summed E-state index contributed by atoms with van der Waals surface area (Å²) in [6.45, 7) is 0.629. The zero-order chi connectivity index (χ0) is 22.5. The van der Waals surface area contributed by atoms with E-state index in [1.165, 1.54) is 6.07 Å². The molecule has 0 unspecified atom stereocenters. The van der Waals surface area contributed by atoms with Crippen molar-refractivity contribution in [2.24, 2.45) is 0 Å². The largest absolute Gasteiger partial charge is 0.493 e. The molecule has 2 N–H and O–H groups in total. The van der Waals surface area contributed by atoms with Crippen molar-refractivity contribution in [3.63, 3.8) is 0 Å². The number of anilines is 1. The molecular weight excluding hydrogens is 529 g/mol. The molecule has 3 aromatic rings. The van der Waals surface area contributed by atoms with Gasteiger partial charge in [0, 0.05) is 32.3 Å². The molecule has 3 rings (SSSR count). The number of carbonyl (C=O) groups is 1. The Morgan fingerprint density at radius 3 is 2.35 bits per heavy atom. The Morgan fingerprint density at radius 2 is 1.74 bits per heavy atom. The fourth-order valence-corrected chi connectivity index (χ4v) is 4.03. The summed E-state index contributed by atoms with van der Waals surface area (Å²) in [4.78, 5) is 11.1. The molecule has 0 saturated carbocycles. The molecule has 0 radical (unpaired) electrons. The van der Waals surface area contributed by atoms with Crippen molar-refractivity contribution in [3.8, 4) is 11.5 Å². The summed E-state index contributed by atoms with van der Waals surface area (Å²) in [7, 11) is 1.56. The van der Waals surface area contributed by atoms with Crippen LogP contribution in [0.15, 0.2) is 53.0 Å². The lowest BCUT2D eigenvalue weighted by atomic mass is 10.1. The van der Waals surface area contributed by atoms with E-state index >= 15 is 0 Å². The van der Waals surface area contributed by atoms with E-state index in [-0.39, 0.29) is 17.2 Å². The predicted molar refractivity (Wildman–Crippen MR) is 127 cm³/mol. The second-order valence-corrected chi connectivity index (χ2v) is 8.51. The quantitative estimate of drug-likeness (QED) is 0.311. The Hall–Kier alpha value is -2.12.